The molecule has 0 saturated carbocycles. The van der Waals surface area contributed by atoms with Crippen molar-refractivity contribution in [2.24, 2.45) is 0 Å². The summed E-state index contributed by atoms with van der Waals surface area (Å²) in [4.78, 5) is 36.2. The highest BCUT2D eigenvalue weighted by atomic mass is 16.5. The molecule has 3 rings (SSSR count). The number of oxazole rings is 1. The molecule has 3 aromatic rings. The zero-order valence-corrected chi connectivity index (χ0v) is 15.6. The van der Waals surface area contributed by atoms with Crippen LogP contribution in [0.15, 0.2) is 51.7 Å². The van der Waals surface area contributed by atoms with Gasteiger partial charge < -0.3 is 19.2 Å². The van der Waals surface area contributed by atoms with Crippen molar-refractivity contribution in [1.29, 1.82) is 0 Å². The molecule has 1 amide bonds. The number of aryl methyl sites for hydroxylation is 1. The van der Waals surface area contributed by atoms with Crippen molar-refractivity contribution < 1.29 is 23.5 Å². The standard InChI is InChI=1S/C20H20N2O6/c1-26-13-9-10-15(14(12-13)19(24)27-2)21-18(23)8-5-11-22-16-6-3-4-7-17(16)28-20(22)25/h3-4,6-7,9-10,12H,5,8,11H2,1-2H3,(H,21,23). The fourth-order valence-electron chi connectivity index (χ4n) is 2.87. The third-order valence-electron chi connectivity index (χ3n) is 4.27. The summed E-state index contributed by atoms with van der Waals surface area (Å²) in [7, 11) is 2.75. The fraction of sp³-hybridized carbons (Fsp3) is 0.250. The highest BCUT2D eigenvalue weighted by Crippen LogP contribution is 2.23. The van der Waals surface area contributed by atoms with Crippen LogP contribution in [0.3, 0.4) is 0 Å². The van der Waals surface area contributed by atoms with E-state index >= 15 is 0 Å². The average Bonchev–Trinajstić information content (AvgIpc) is 3.03. The van der Waals surface area contributed by atoms with Crippen LogP contribution in [0.25, 0.3) is 11.1 Å². The summed E-state index contributed by atoms with van der Waals surface area (Å²) in [5.41, 5.74) is 1.74. The van der Waals surface area contributed by atoms with E-state index in [-0.39, 0.29) is 17.9 Å². The van der Waals surface area contributed by atoms with E-state index in [2.05, 4.69) is 5.32 Å². The maximum Gasteiger partial charge on any atom is 0.419 e. The predicted molar refractivity (Wildman–Crippen MR) is 103 cm³/mol. The number of ether oxygens (including phenoxy) is 2. The Balaban J connectivity index is 1.65. The number of hydrogen-bond donors (Lipinski definition) is 1. The van der Waals surface area contributed by atoms with Gasteiger partial charge in [0.15, 0.2) is 5.58 Å². The van der Waals surface area contributed by atoms with Crippen molar-refractivity contribution in [2.75, 3.05) is 19.5 Å². The normalized spacial score (nSPS) is 10.6. The van der Waals surface area contributed by atoms with Crippen molar-refractivity contribution in [3.8, 4) is 5.75 Å². The van der Waals surface area contributed by atoms with Crippen LogP contribution in [0.2, 0.25) is 0 Å². The number of esters is 1. The van der Waals surface area contributed by atoms with Gasteiger partial charge in [-0.1, -0.05) is 12.1 Å². The summed E-state index contributed by atoms with van der Waals surface area (Å²) in [6.45, 7) is 0.343. The first kappa shape index (κ1) is 19.2. The van der Waals surface area contributed by atoms with Crippen LogP contribution in [-0.4, -0.2) is 30.7 Å². The molecule has 0 bridgehead atoms. The van der Waals surface area contributed by atoms with Gasteiger partial charge in [-0.3, -0.25) is 9.36 Å². The average molecular weight is 384 g/mol. The first-order valence-electron chi connectivity index (χ1n) is 8.68. The van der Waals surface area contributed by atoms with Gasteiger partial charge >= 0.3 is 11.7 Å². The molecule has 0 fully saturated rings. The molecule has 0 aliphatic heterocycles. The molecular weight excluding hydrogens is 364 g/mol. The van der Waals surface area contributed by atoms with Crippen molar-refractivity contribution in [3.05, 3.63) is 58.6 Å². The number of amides is 1. The number of rotatable bonds is 7. The lowest BCUT2D eigenvalue weighted by atomic mass is 10.1. The van der Waals surface area contributed by atoms with Crippen molar-refractivity contribution in [3.63, 3.8) is 0 Å². The lowest BCUT2D eigenvalue weighted by Gasteiger charge is -2.11. The van der Waals surface area contributed by atoms with Gasteiger partial charge in [0.05, 0.1) is 31.0 Å². The number of carbonyl (C=O) groups is 2. The van der Waals surface area contributed by atoms with Crippen LogP contribution >= 0.6 is 0 Å². The largest absolute Gasteiger partial charge is 0.497 e. The van der Waals surface area contributed by atoms with Crippen LogP contribution in [0.1, 0.15) is 23.2 Å². The number of para-hydroxylation sites is 2. The number of methoxy groups -OCH3 is 2. The van der Waals surface area contributed by atoms with Gasteiger partial charge in [-0.2, -0.15) is 0 Å². The van der Waals surface area contributed by atoms with Crippen molar-refractivity contribution >= 4 is 28.7 Å². The molecule has 0 saturated heterocycles. The molecule has 0 spiro atoms. The van der Waals surface area contributed by atoms with Crippen molar-refractivity contribution in [1.82, 2.24) is 4.57 Å². The van der Waals surface area contributed by atoms with E-state index in [1.54, 1.807) is 30.3 Å². The van der Waals surface area contributed by atoms with Gasteiger partial charge in [0, 0.05) is 13.0 Å². The van der Waals surface area contributed by atoms with E-state index in [9.17, 15) is 14.4 Å². The lowest BCUT2D eigenvalue weighted by molar-refractivity contribution is -0.116. The number of fused-ring (bicyclic) bond motifs is 1. The Morgan fingerprint density at radius 2 is 1.93 bits per heavy atom. The van der Waals surface area contributed by atoms with Crippen molar-refractivity contribution in [2.45, 2.75) is 19.4 Å². The maximum atomic E-state index is 12.3. The summed E-state index contributed by atoms with van der Waals surface area (Å²) >= 11 is 0. The van der Waals surface area contributed by atoms with E-state index in [0.29, 0.717) is 35.5 Å². The van der Waals surface area contributed by atoms with E-state index in [1.807, 2.05) is 6.07 Å². The zero-order valence-electron chi connectivity index (χ0n) is 15.6. The summed E-state index contributed by atoms with van der Waals surface area (Å²) in [5, 5.41) is 2.70. The van der Waals surface area contributed by atoms with Crippen LogP contribution in [0.4, 0.5) is 5.69 Å². The van der Waals surface area contributed by atoms with Gasteiger partial charge in [-0.25, -0.2) is 9.59 Å². The Morgan fingerprint density at radius 1 is 1.14 bits per heavy atom. The molecular formula is C20H20N2O6. The minimum atomic E-state index is -0.578. The smallest absolute Gasteiger partial charge is 0.419 e. The molecule has 0 aliphatic carbocycles. The molecule has 0 radical (unpaired) electrons. The third kappa shape index (κ3) is 4.06. The maximum absolute atomic E-state index is 12.3. The monoisotopic (exact) mass is 384 g/mol. The Hall–Kier alpha value is -3.55. The van der Waals surface area contributed by atoms with Gasteiger partial charge in [0.2, 0.25) is 5.91 Å². The Morgan fingerprint density at radius 3 is 2.68 bits per heavy atom. The van der Waals surface area contributed by atoms with Gasteiger partial charge in [-0.15, -0.1) is 0 Å². The number of carbonyl (C=O) groups excluding carboxylic acids is 2. The van der Waals surface area contributed by atoms with E-state index in [1.165, 1.54) is 24.9 Å². The molecule has 8 heteroatoms. The predicted octanol–water partition coefficient (Wildman–Crippen LogP) is 2.81. The first-order valence-corrected chi connectivity index (χ1v) is 8.68. The van der Waals surface area contributed by atoms with Crippen LogP contribution in [0.5, 0.6) is 5.75 Å². The third-order valence-corrected chi connectivity index (χ3v) is 4.27. The quantitative estimate of drug-likeness (QED) is 0.629. The van der Waals surface area contributed by atoms with E-state index in [0.717, 1.165) is 0 Å². The number of benzene rings is 2. The summed E-state index contributed by atoms with van der Waals surface area (Å²) in [5.74, 6) is -0.837. The second kappa shape index (κ2) is 8.43. The Kier molecular flexibility index (Phi) is 5.78. The number of aromatic nitrogens is 1. The molecule has 1 heterocycles. The van der Waals surface area contributed by atoms with E-state index in [4.69, 9.17) is 13.9 Å². The van der Waals surface area contributed by atoms with Crippen LogP contribution < -0.4 is 15.8 Å². The number of nitrogens with one attached hydrogen (secondary N) is 1. The SMILES string of the molecule is COC(=O)c1cc(OC)ccc1NC(=O)CCCn1c(=O)oc2ccccc21. The minimum absolute atomic E-state index is 0.165. The number of hydrogen-bond acceptors (Lipinski definition) is 6. The van der Waals surface area contributed by atoms with Gasteiger partial charge in [0.25, 0.3) is 0 Å². The molecule has 2 aromatic carbocycles. The highest BCUT2D eigenvalue weighted by molar-refractivity contribution is 6.01. The highest BCUT2D eigenvalue weighted by Gasteiger charge is 2.16. The molecule has 8 nitrogen and oxygen atoms in total. The minimum Gasteiger partial charge on any atom is -0.497 e. The van der Waals surface area contributed by atoms with E-state index < -0.39 is 11.7 Å². The van der Waals surface area contributed by atoms with Gasteiger partial charge in [-0.05, 0) is 36.8 Å². The number of nitrogens with zero attached hydrogens (tertiary/aromatic N) is 1. The van der Waals surface area contributed by atoms with Gasteiger partial charge in [0.1, 0.15) is 5.75 Å². The number of anilines is 1. The molecule has 0 unspecified atom stereocenters. The Labute approximate surface area is 160 Å². The van der Waals surface area contributed by atoms with Crippen LogP contribution in [-0.2, 0) is 16.1 Å². The molecule has 1 N–H and O–H groups in total. The lowest BCUT2D eigenvalue weighted by Crippen LogP contribution is -2.18. The zero-order chi connectivity index (χ0) is 20.1. The topological polar surface area (TPSA) is 99.8 Å². The molecule has 0 aliphatic rings. The summed E-state index contributed by atoms with van der Waals surface area (Å²) in [6.07, 6.45) is 0.595. The fourth-order valence-corrected chi connectivity index (χ4v) is 2.87. The molecule has 146 valence electrons. The summed E-state index contributed by atoms with van der Waals surface area (Å²) in [6, 6.07) is 11.8. The van der Waals surface area contributed by atoms with Crippen LogP contribution in [0, 0.1) is 0 Å². The molecule has 28 heavy (non-hydrogen) atoms. The molecule has 1 aromatic heterocycles. The molecule has 0 atom stereocenters. The second-order valence-corrected chi connectivity index (χ2v) is 6.04. The first-order chi connectivity index (χ1) is 13.5. The summed E-state index contributed by atoms with van der Waals surface area (Å²) < 4.78 is 16.5. The second-order valence-electron chi connectivity index (χ2n) is 6.04. The Bertz CT molecular complexity index is 1070.